The summed E-state index contributed by atoms with van der Waals surface area (Å²) in [5.41, 5.74) is 6.83. The van der Waals surface area contributed by atoms with Gasteiger partial charge in [0.2, 0.25) is 0 Å². The third kappa shape index (κ3) is 3.45. The summed E-state index contributed by atoms with van der Waals surface area (Å²) in [7, 11) is 0. The first kappa shape index (κ1) is 12.9. The van der Waals surface area contributed by atoms with E-state index in [4.69, 9.17) is 5.73 Å². The molecule has 0 aliphatic heterocycles. The minimum atomic E-state index is -0.0843. The standard InChI is InChI=1S/C12H18N2OS/c1-3-9(8-16-2)14-12(15)10-6-4-5-7-11(10)13/h4-7,9H,3,8,13H2,1-2H3,(H,14,15). The number of carbonyl (C=O) groups excluding carboxylic acids is 1. The van der Waals surface area contributed by atoms with Crippen molar-refractivity contribution in [3.05, 3.63) is 29.8 Å². The van der Waals surface area contributed by atoms with Gasteiger partial charge in [-0.25, -0.2) is 0 Å². The van der Waals surface area contributed by atoms with Gasteiger partial charge in [0.1, 0.15) is 0 Å². The van der Waals surface area contributed by atoms with Crippen LogP contribution in [0.4, 0.5) is 5.69 Å². The summed E-state index contributed by atoms with van der Waals surface area (Å²) in [4.78, 5) is 11.9. The molecule has 1 rings (SSSR count). The SMILES string of the molecule is CCC(CSC)NC(=O)c1ccccc1N. The van der Waals surface area contributed by atoms with Crippen molar-refractivity contribution in [3.8, 4) is 0 Å². The number of hydrogen-bond acceptors (Lipinski definition) is 3. The maximum absolute atomic E-state index is 11.9. The molecule has 0 radical (unpaired) electrons. The van der Waals surface area contributed by atoms with Crippen LogP contribution in [-0.2, 0) is 0 Å². The van der Waals surface area contributed by atoms with Crippen molar-refractivity contribution in [2.45, 2.75) is 19.4 Å². The normalized spacial score (nSPS) is 12.1. The summed E-state index contributed by atoms with van der Waals surface area (Å²) in [6, 6.07) is 7.34. The molecule has 88 valence electrons. The summed E-state index contributed by atoms with van der Waals surface area (Å²) < 4.78 is 0. The van der Waals surface area contributed by atoms with E-state index in [-0.39, 0.29) is 11.9 Å². The van der Waals surface area contributed by atoms with Gasteiger partial charge >= 0.3 is 0 Å². The first-order chi connectivity index (χ1) is 7.69. The second-order valence-electron chi connectivity index (χ2n) is 3.62. The van der Waals surface area contributed by atoms with Gasteiger partial charge in [-0.3, -0.25) is 4.79 Å². The van der Waals surface area contributed by atoms with Gasteiger partial charge in [-0.1, -0.05) is 19.1 Å². The highest BCUT2D eigenvalue weighted by molar-refractivity contribution is 7.98. The Bertz CT molecular complexity index is 355. The molecule has 0 heterocycles. The predicted molar refractivity (Wildman–Crippen MR) is 70.8 cm³/mol. The first-order valence-electron chi connectivity index (χ1n) is 5.33. The van der Waals surface area contributed by atoms with E-state index in [1.807, 2.05) is 18.4 Å². The summed E-state index contributed by atoms with van der Waals surface area (Å²) in [6.45, 7) is 2.06. The van der Waals surface area contributed by atoms with Crippen LogP contribution >= 0.6 is 11.8 Å². The van der Waals surface area contributed by atoms with Gasteiger partial charge in [0, 0.05) is 17.5 Å². The van der Waals surface area contributed by atoms with Crippen molar-refractivity contribution in [2.75, 3.05) is 17.7 Å². The Hall–Kier alpha value is -1.16. The average molecular weight is 238 g/mol. The first-order valence-corrected chi connectivity index (χ1v) is 6.72. The van der Waals surface area contributed by atoms with Crippen LogP contribution < -0.4 is 11.1 Å². The van der Waals surface area contributed by atoms with Gasteiger partial charge in [0.05, 0.1) is 5.56 Å². The Balaban J connectivity index is 2.68. The van der Waals surface area contributed by atoms with Crippen molar-refractivity contribution in [1.82, 2.24) is 5.32 Å². The largest absolute Gasteiger partial charge is 0.398 e. The third-order valence-corrected chi connectivity index (χ3v) is 3.14. The number of nitrogens with two attached hydrogens (primary N) is 1. The summed E-state index contributed by atoms with van der Waals surface area (Å²) >= 11 is 1.73. The maximum Gasteiger partial charge on any atom is 0.253 e. The van der Waals surface area contributed by atoms with E-state index in [1.165, 1.54) is 0 Å². The highest BCUT2D eigenvalue weighted by atomic mass is 32.2. The molecular formula is C12H18N2OS. The number of amides is 1. The number of anilines is 1. The maximum atomic E-state index is 11.9. The molecule has 0 saturated heterocycles. The molecule has 0 spiro atoms. The van der Waals surface area contributed by atoms with Crippen LogP contribution in [0.1, 0.15) is 23.7 Å². The predicted octanol–water partition coefficient (Wildman–Crippen LogP) is 2.14. The fraction of sp³-hybridized carbons (Fsp3) is 0.417. The van der Waals surface area contributed by atoms with E-state index in [0.29, 0.717) is 11.3 Å². The van der Waals surface area contributed by atoms with E-state index in [1.54, 1.807) is 23.9 Å². The molecule has 1 aromatic carbocycles. The number of thioether (sulfide) groups is 1. The Morgan fingerprint density at radius 1 is 1.50 bits per heavy atom. The molecule has 1 atom stereocenters. The Morgan fingerprint density at radius 3 is 2.75 bits per heavy atom. The molecule has 0 fully saturated rings. The van der Waals surface area contributed by atoms with Gasteiger partial charge in [-0.2, -0.15) is 11.8 Å². The lowest BCUT2D eigenvalue weighted by molar-refractivity contribution is 0.0941. The van der Waals surface area contributed by atoms with Crippen LogP contribution in [-0.4, -0.2) is 24.0 Å². The zero-order valence-electron chi connectivity index (χ0n) is 9.69. The number of rotatable bonds is 5. The van der Waals surface area contributed by atoms with Crippen molar-refractivity contribution in [2.24, 2.45) is 0 Å². The monoisotopic (exact) mass is 238 g/mol. The van der Waals surface area contributed by atoms with Crippen LogP contribution in [0.3, 0.4) is 0 Å². The van der Waals surface area contributed by atoms with Crippen molar-refractivity contribution >= 4 is 23.4 Å². The Morgan fingerprint density at radius 2 is 2.19 bits per heavy atom. The third-order valence-electron chi connectivity index (χ3n) is 2.40. The van der Waals surface area contributed by atoms with Crippen molar-refractivity contribution < 1.29 is 4.79 Å². The van der Waals surface area contributed by atoms with Gasteiger partial charge in [0.15, 0.2) is 0 Å². The fourth-order valence-electron chi connectivity index (χ4n) is 1.43. The molecule has 0 bridgehead atoms. The lowest BCUT2D eigenvalue weighted by atomic mass is 10.1. The Labute approximate surface area is 101 Å². The molecular weight excluding hydrogens is 220 g/mol. The molecule has 0 aliphatic carbocycles. The highest BCUT2D eigenvalue weighted by Gasteiger charge is 2.13. The van der Waals surface area contributed by atoms with E-state index < -0.39 is 0 Å². The molecule has 1 amide bonds. The van der Waals surface area contributed by atoms with Crippen molar-refractivity contribution in [3.63, 3.8) is 0 Å². The van der Waals surface area contributed by atoms with E-state index in [0.717, 1.165) is 12.2 Å². The van der Waals surface area contributed by atoms with Crippen LogP contribution in [0.5, 0.6) is 0 Å². The van der Waals surface area contributed by atoms with Gasteiger partial charge < -0.3 is 11.1 Å². The van der Waals surface area contributed by atoms with Crippen LogP contribution in [0.15, 0.2) is 24.3 Å². The number of nitrogens with one attached hydrogen (secondary N) is 1. The number of benzene rings is 1. The molecule has 1 unspecified atom stereocenters. The minimum Gasteiger partial charge on any atom is -0.398 e. The van der Waals surface area contributed by atoms with Gasteiger partial charge in [-0.15, -0.1) is 0 Å². The van der Waals surface area contributed by atoms with E-state index in [2.05, 4.69) is 12.2 Å². The van der Waals surface area contributed by atoms with Crippen LogP contribution in [0.2, 0.25) is 0 Å². The second kappa shape index (κ2) is 6.43. The number of nitrogen functional groups attached to an aromatic ring is 1. The summed E-state index contributed by atoms with van der Waals surface area (Å²) in [5.74, 6) is 0.841. The van der Waals surface area contributed by atoms with Crippen LogP contribution in [0, 0.1) is 0 Å². The average Bonchev–Trinajstić information content (AvgIpc) is 2.28. The quantitative estimate of drug-likeness (QED) is 0.773. The molecule has 16 heavy (non-hydrogen) atoms. The number of para-hydroxylation sites is 1. The molecule has 0 aliphatic rings. The molecule has 0 aromatic heterocycles. The summed E-state index contributed by atoms with van der Waals surface area (Å²) in [6.07, 6.45) is 2.96. The Kier molecular flexibility index (Phi) is 5.19. The second-order valence-corrected chi connectivity index (χ2v) is 4.53. The molecule has 3 nitrogen and oxygen atoms in total. The van der Waals surface area contributed by atoms with Gasteiger partial charge in [-0.05, 0) is 24.8 Å². The molecule has 4 heteroatoms. The number of hydrogen-bond donors (Lipinski definition) is 2. The van der Waals surface area contributed by atoms with E-state index in [9.17, 15) is 4.79 Å². The van der Waals surface area contributed by atoms with Crippen molar-refractivity contribution in [1.29, 1.82) is 0 Å². The fourth-order valence-corrected chi connectivity index (χ4v) is 2.15. The summed E-state index contributed by atoms with van der Waals surface area (Å²) in [5, 5.41) is 2.98. The van der Waals surface area contributed by atoms with Crippen LogP contribution in [0.25, 0.3) is 0 Å². The zero-order chi connectivity index (χ0) is 12.0. The van der Waals surface area contributed by atoms with E-state index >= 15 is 0 Å². The van der Waals surface area contributed by atoms with Gasteiger partial charge in [0.25, 0.3) is 5.91 Å². The highest BCUT2D eigenvalue weighted by Crippen LogP contribution is 2.11. The topological polar surface area (TPSA) is 55.1 Å². The lowest BCUT2D eigenvalue weighted by Crippen LogP contribution is -2.36. The molecule has 3 N–H and O–H groups in total. The molecule has 0 saturated carbocycles. The molecule has 1 aromatic rings. The zero-order valence-corrected chi connectivity index (χ0v) is 10.5. The number of carbonyl (C=O) groups is 1. The smallest absolute Gasteiger partial charge is 0.253 e. The lowest BCUT2D eigenvalue weighted by Gasteiger charge is -2.16. The minimum absolute atomic E-state index is 0.0843.